The lowest BCUT2D eigenvalue weighted by molar-refractivity contribution is -1.06. The van der Waals surface area contributed by atoms with Crippen LogP contribution in [0.25, 0.3) is 34.2 Å². The van der Waals surface area contributed by atoms with E-state index in [-0.39, 0.29) is 17.0 Å². The maximum atomic E-state index is 11.1. The molecule has 0 amide bonds. The summed E-state index contributed by atoms with van der Waals surface area (Å²) < 4.78 is 0.225. The maximum absolute atomic E-state index is 11.1. The van der Waals surface area contributed by atoms with E-state index in [1.54, 1.807) is 12.1 Å². The van der Waals surface area contributed by atoms with Crippen LogP contribution < -0.4 is 4.84 Å². The highest BCUT2D eigenvalue weighted by molar-refractivity contribution is 5.72. The first-order chi connectivity index (χ1) is 18.6. The molecule has 4 aromatic rings. The Morgan fingerprint density at radius 2 is 1.23 bits per heavy atom. The van der Waals surface area contributed by atoms with Gasteiger partial charge in [-0.2, -0.15) is 0 Å². The summed E-state index contributed by atoms with van der Waals surface area (Å²) in [5.74, 6) is 2.03. The molecule has 39 heavy (non-hydrogen) atoms. The van der Waals surface area contributed by atoms with E-state index >= 15 is 0 Å². The predicted octanol–water partition coefficient (Wildman–Crippen LogP) is 6.34. The van der Waals surface area contributed by atoms with Gasteiger partial charge in [0.1, 0.15) is 25.9 Å². The van der Waals surface area contributed by atoms with Crippen LogP contribution in [-0.2, 0) is 0 Å². The first-order valence-electron chi connectivity index (χ1n) is 13.5. The third-order valence-corrected chi connectivity index (χ3v) is 6.97. The molecule has 0 aliphatic carbocycles. The van der Waals surface area contributed by atoms with Crippen LogP contribution in [0.5, 0.6) is 11.5 Å². The van der Waals surface area contributed by atoms with Gasteiger partial charge >= 0.3 is 0 Å². The number of benzene rings is 3. The van der Waals surface area contributed by atoms with Crippen molar-refractivity contribution in [2.24, 2.45) is 0 Å². The van der Waals surface area contributed by atoms with Gasteiger partial charge in [-0.3, -0.25) is 0 Å². The van der Waals surface area contributed by atoms with Crippen molar-refractivity contribution in [1.29, 1.82) is 0 Å². The van der Waals surface area contributed by atoms with Gasteiger partial charge in [-0.1, -0.05) is 60.9 Å². The first kappa shape index (κ1) is 28.2. The highest BCUT2D eigenvalue weighted by atomic mass is 16.7. The van der Waals surface area contributed by atoms with Gasteiger partial charge in [0.25, 0.3) is 0 Å². The zero-order chi connectivity index (χ0) is 28.2. The number of hydrogen-bond donors (Lipinski definition) is 2. The van der Waals surface area contributed by atoms with Crippen LogP contribution in [0.2, 0.25) is 0 Å². The minimum atomic E-state index is 0.0115. The highest BCUT2D eigenvalue weighted by Crippen LogP contribution is 2.34. The molecule has 0 aliphatic rings. The van der Waals surface area contributed by atoms with E-state index in [0.717, 1.165) is 41.6 Å². The number of aromatic hydroxyl groups is 1. The second kappa shape index (κ2) is 11.9. The zero-order valence-electron chi connectivity index (χ0n) is 23.8. The number of nitrogens with zero attached hydrogens (tertiary/aromatic N) is 4. The van der Waals surface area contributed by atoms with Gasteiger partial charge in [-0.15, -0.1) is 4.65 Å². The van der Waals surface area contributed by atoms with Crippen LogP contribution in [0.15, 0.2) is 54.6 Å². The van der Waals surface area contributed by atoms with Crippen molar-refractivity contribution in [3.63, 3.8) is 0 Å². The fourth-order valence-corrected chi connectivity index (χ4v) is 4.79. The monoisotopic (exact) mass is 527 g/mol. The highest BCUT2D eigenvalue weighted by Gasteiger charge is 2.25. The number of phenols is 1. The normalized spacial score (nSPS) is 12.8. The van der Waals surface area contributed by atoms with Gasteiger partial charge in [0, 0.05) is 17.2 Å². The molecule has 0 aliphatic heterocycles. The van der Waals surface area contributed by atoms with Crippen molar-refractivity contribution in [1.82, 2.24) is 15.0 Å². The lowest BCUT2D eigenvalue weighted by Crippen LogP contribution is -2.49. The van der Waals surface area contributed by atoms with Gasteiger partial charge < -0.3 is 15.1 Å². The molecule has 1 atom stereocenters. The average molecular weight is 528 g/mol. The van der Waals surface area contributed by atoms with E-state index in [4.69, 9.17) is 19.8 Å². The topological polar surface area (TPSA) is 88.4 Å². The van der Waals surface area contributed by atoms with E-state index in [1.807, 2.05) is 51.2 Å². The molecule has 1 unspecified atom stereocenters. The van der Waals surface area contributed by atoms with E-state index in [9.17, 15) is 10.2 Å². The Balaban J connectivity index is 1.80. The quantitative estimate of drug-likeness (QED) is 0.185. The number of hydrogen-bond acceptors (Lipinski definition) is 6. The number of phenolic OH excluding ortho intramolecular Hbond substituents is 1. The average Bonchev–Trinajstić information content (AvgIpc) is 2.87. The molecular weight excluding hydrogens is 488 g/mol. The zero-order valence-corrected chi connectivity index (χ0v) is 23.8. The number of aryl methyl sites for hydroxylation is 4. The Bertz CT molecular complexity index is 1400. The van der Waals surface area contributed by atoms with Crippen molar-refractivity contribution >= 4 is 0 Å². The summed E-state index contributed by atoms with van der Waals surface area (Å²) in [6.45, 7) is 11.6. The molecule has 1 heterocycles. The van der Waals surface area contributed by atoms with Gasteiger partial charge in [-0.25, -0.2) is 15.0 Å². The third kappa shape index (κ3) is 6.61. The summed E-state index contributed by atoms with van der Waals surface area (Å²) in [6, 6.07) is 17.6. The standard InChI is InChI=1S/C32H38N4O3/c1-7-8-15-36(6,16-17-37)39-25-11-14-28(29(38)20-25)32-34-30(26-12-9-21(2)18-23(26)4)33-31(35-32)27-13-10-22(3)19-24(27)5/h9-14,18-20,37H,7-8,15-17H2,1-6H3/p+1. The third-order valence-electron chi connectivity index (χ3n) is 6.97. The smallest absolute Gasteiger partial charge is 0.193 e. The van der Waals surface area contributed by atoms with Crippen molar-refractivity contribution < 1.29 is 19.7 Å². The molecule has 1 aromatic heterocycles. The van der Waals surface area contributed by atoms with E-state index in [2.05, 4.69) is 32.9 Å². The molecule has 3 aromatic carbocycles. The molecule has 0 fully saturated rings. The lowest BCUT2D eigenvalue weighted by Gasteiger charge is -2.31. The number of likely N-dealkylation sites (N-methyl/N-ethyl adjacent to an activating group) is 1. The minimum absolute atomic E-state index is 0.0115. The first-order valence-corrected chi connectivity index (χ1v) is 13.5. The summed E-state index contributed by atoms with van der Waals surface area (Å²) in [4.78, 5) is 20.7. The van der Waals surface area contributed by atoms with Crippen LogP contribution >= 0.6 is 0 Å². The minimum Gasteiger partial charge on any atom is -0.507 e. The molecule has 0 saturated carbocycles. The van der Waals surface area contributed by atoms with Crippen molar-refractivity contribution in [3.05, 3.63) is 76.9 Å². The number of rotatable bonds is 10. The van der Waals surface area contributed by atoms with Crippen LogP contribution in [-0.4, -0.2) is 56.6 Å². The van der Waals surface area contributed by atoms with E-state index in [0.29, 0.717) is 35.3 Å². The number of hydroxylamine groups is 3. The fraction of sp³-hybridized carbons (Fsp3) is 0.344. The number of aromatic nitrogens is 3. The van der Waals surface area contributed by atoms with E-state index in [1.165, 1.54) is 11.1 Å². The Labute approximate surface area is 231 Å². The molecule has 7 nitrogen and oxygen atoms in total. The van der Waals surface area contributed by atoms with E-state index < -0.39 is 0 Å². The van der Waals surface area contributed by atoms with Gasteiger partial charge in [-0.05, 0) is 57.4 Å². The molecular formula is C32H39N4O3+. The number of aliphatic hydroxyl groups excluding tert-OH is 1. The molecule has 0 saturated heterocycles. The Morgan fingerprint density at radius 1 is 0.718 bits per heavy atom. The number of quaternary nitrogens is 1. The van der Waals surface area contributed by atoms with Gasteiger partial charge in [0.05, 0.1) is 12.2 Å². The van der Waals surface area contributed by atoms with Crippen LogP contribution in [0.1, 0.15) is 42.0 Å². The molecule has 0 spiro atoms. The van der Waals surface area contributed by atoms with Crippen molar-refractivity contribution in [2.75, 3.05) is 26.7 Å². The molecule has 0 bridgehead atoms. The van der Waals surface area contributed by atoms with Crippen molar-refractivity contribution in [3.8, 4) is 45.7 Å². The summed E-state index contributed by atoms with van der Waals surface area (Å²) in [7, 11) is 1.94. The SMILES string of the molecule is CCCC[N+](C)(CCO)Oc1ccc(-c2nc(-c3ccc(C)cc3C)nc(-c3ccc(C)cc3C)n2)c(O)c1. The van der Waals surface area contributed by atoms with Crippen LogP contribution in [0.4, 0.5) is 0 Å². The number of unbranched alkanes of at least 4 members (excludes halogenated alkanes) is 1. The molecule has 204 valence electrons. The summed E-state index contributed by atoms with van der Waals surface area (Å²) >= 11 is 0. The van der Waals surface area contributed by atoms with Crippen molar-refractivity contribution in [2.45, 2.75) is 47.5 Å². The molecule has 7 heteroatoms. The largest absolute Gasteiger partial charge is 0.507 e. The Hall–Kier alpha value is -3.81. The number of aliphatic hydroxyl groups is 1. The molecule has 4 rings (SSSR count). The Kier molecular flexibility index (Phi) is 8.63. The predicted molar refractivity (Wildman–Crippen MR) is 155 cm³/mol. The fourth-order valence-electron chi connectivity index (χ4n) is 4.79. The maximum Gasteiger partial charge on any atom is 0.193 e. The Morgan fingerprint density at radius 3 is 1.69 bits per heavy atom. The lowest BCUT2D eigenvalue weighted by atomic mass is 10.0. The van der Waals surface area contributed by atoms with Gasteiger partial charge in [0.2, 0.25) is 0 Å². The van der Waals surface area contributed by atoms with Crippen LogP contribution in [0, 0.1) is 27.7 Å². The summed E-state index contributed by atoms with van der Waals surface area (Å²) in [5.41, 5.74) is 6.80. The van der Waals surface area contributed by atoms with Gasteiger partial charge in [0.15, 0.2) is 23.2 Å². The summed E-state index contributed by atoms with van der Waals surface area (Å²) in [5, 5.41) is 20.7. The molecule has 2 N–H and O–H groups in total. The molecule has 0 radical (unpaired) electrons. The second-order valence-electron chi connectivity index (χ2n) is 10.5. The second-order valence-corrected chi connectivity index (χ2v) is 10.5. The summed E-state index contributed by atoms with van der Waals surface area (Å²) in [6.07, 6.45) is 1.99. The van der Waals surface area contributed by atoms with Crippen LogP contribution in [0.3, 0.4) is 0 Å².